The van der Waals surface area contributed by atoms with E-state index in [0.717, 1.165) is 0 Å². The molecule has 30 atom stereocenters. The number of aliphatic hydroxyl groups is 16. The van der Waals surface area contributed by atoms with Gasteiger partial charge in [-0.3, -0.25) is 0 Å². The number of hydrogen-bond donors (Lipinski definition) is 23. The summed E-state index contributed by atoms with van der Waals surface area (Å²) in [5, 5.41) is 178. The predicted molar refractivity (Wildman–Crippen MR) is 277 cm³/mol. The van der Waals surface area contributed by atoms with Crippen molar-refractivity contribution < 1.29 is 155 Å². The molecule has 0 amide bonds. The van der Waals surface area contributed by atoms with Gasteiger partial charge in [-0.2, -0.15) is 0 Å². The molecule has 6 fully saturated rings. The van der Waals surface area contributed by atoms with Crippen LogP contribution in [0.3, 0.4) is 0 Å². The number of nitrogens with two attached hydrogens (primary N) is 5. The van der Waals surface area contributed by atoms with Crippen molar-refractivity contribution in [3.05, 3.63) is 71.8 Å². The lowest BCUT2D eigenvalue weighted by Crippen LogP contribution is -2.79. The summed E-state index contributed by atoms with van der Waals surface area (Å²) in [6.07, 6.45) is -33.1. The quantitative estimate of drug-likeness (QED) is 0.0742. The van der Waals surface area contributed by atoms with Gasteiger partial charge in [0, 0.05) is 0 Å². The van der Waals surface area contributed by atoms with Crippen molar-refractivity contribution in [2.75, 3.05) is 39.6 Å². The van der Waals surface area contributed by atoms with Gasteiger partial charge in [0.25, 0.3) is 0 Å². The highest BCUT2D eigenvalue weighted by Gasteiger charge is 2.55. The highest BCUT2D eigenvalue weighted by molar-refractivity contribution is 5.87. The molecule has 492 valence electrons. The molecule has 0 aromatic heterocycles. The summed E-state index contributed by atoms with van der Waals surface area (Å²) in [5.74, 6) is -2.01. The molecular formula is C50H82N6O30. The average molecular weight is 1250 g/mol. The Hall–Kier alpha value is -3.90. The van der Waals surface area contributed by atoms with Crippen LogP contribution < -0.4 is 39.5 Å². The van der Waals surface area contributed by atoms with Crippen LogP contribution in [0.15, 0.2) is 60.7 Å². The number of carbonyl (C=O) groups is 2. The molecule has 6 heterocycles. The third-order valence-corrected chi connectivity index (χ3v) is 14.8. The Labute approximate surface area is 489 Å². The molecule has 36 nitrogen and oxygen atoms in total. The van der Waals surface area contributed by atoms with Gasteiger partial charge in [-0.05, 0) is 17.7 Å². The van der Waals surface area contributed by atoms with Gasteiger partial charge in [0.2, 0.25) is 6.29 Å². The van der Waals surface area contributed by atoms with Crippen LogP contribution in [0.2, 0.25) is 0 Å². The second-order valence-electron chi connectivity index (χ2n) is 20.6. The molecule has 6 saturated heterocycles. The molecule has 8 rings (SSSR count). The number of carboxylic acids is 2. The van der Waals surface area contributed by atoms with Crippen molar-refractivity contribution in [1.82, 2.24) is 0 Å². The minimum absolute atomic E-state index is 0.220. The lowest BCUT2D eigenvalue weighted by atomic mass is 9.94. The molecule has 2 aromatic rings. The van der Waals surface area contributed by atoms with E-state index in [0.29, 0.717) is 5.56 Å². The second kappa shape index (κ2) is 33.8. The van der Waals surface area contributed by atoms with E-state index in [9.17, 15) is 96.4 Å². The van der Waals surface area contributed by atoms with E-state index in [1.807, 2.05) is 0 Å². The van der Waals surface area contributed by atoms with Crippen LogP contribution in [0.4, 0.5) is 0 Å². The molecule has 0 saturated carbocycles. The van der Waals surface area contributed by atoms with Crippen molar-refractivity contribution in [2.24, 2.45) is 28.7 Å². The zero-order valence-corrected chi connectivity index (χ0v) is 45.8. The lowest BCUT2D eigenvalue weighted by molar-refractivity contribution is -0.510. The number of carbonyl (C=O) groups excluding carboxylic acids is 1. The predicted octanol–water partition coefficient (Wildman–Crippen LogP) is -14.6. The Morgan fingerprint density at radius 2 is 0.674 bits per heavy atom. The van der Waals surface area contributed by atoms with Crippen molar-refractivity contribution in [3.63, 3.8) is 0 Å². The summed E-state index contributed by atoms with van der Waals surface area (Å²) in [4.78, 5) is 20.3. The van der Waals surface area contributed by atoms with Gasteiger partial charge < -0.3 is 178 Å². The molecule has 30 unspecified atom stereocenters. The highest BCUT2D eigenvalue weighted by Crippen LogP contribution is 2.33. The van der Waals surface area contributed by atoms with Crippen molar-refractivity contribution in [3.8, 4) is 0 Å². The topological polar surface area (TPSA) is 651 Å². The third kappa shape index (κ3) is 17.7. The summed E-state index contributed by atoms with van der Waals surface area (Å²) < 4.78 is 55.1. The molecular weight excluding hydrogens is 1160 g/mol. The van der Waals surface area contributed by atoms with E-state index >= 15 is 0 Å². The molecule has 0 bridgehead atoms. The fourth-order valence-corrected chi connectivity index (χ4v) is 9.57. The summed E-state index contributed by atoms with van der Waals surface area (Å²) in [7, 11) is 0. The molecule has 0 aliphatic carbocycles. The van der Waals surface area contributed by atoms with E-state index in [2.05, 4.69) is 5.73 Å². The van der Waals surface area contributed by atoms with E-state index < -0.39 is 235 Å². The van der Waals surface area contributed by atoms with Gasteiger partial charge in [0.05, 0.1) is 81.4 Å². The summed E-state index contributed by atoms with van der Waals surface area (Å²) in [5.41, 5.74) is 33.5. The van der Waals surface area contributed by atoms with Crippen molar-refractivity contribution in [2.45, 2.75) is 184 Å². The van der Waals surface area contributed by atoms with E-state index in [1.54, 1.807) is 48.5 Å². The van der Waals surface area contributed by atoms with Gasteiger partial charge in [-0.15, -0.1) is 0 Å². The van der Waals surface area contributed by atoms with Crippen LogP contribution in [0.1, 0.15) is 20.7 Å². The van der Waals surface area contributed by atoms with Gasteiger partial charge in [-0.1, -0.05) is 48.5 Å². The Bertz CT molecular complexity index is 2140. The molecule has 86 heavy (non-hydrogen) atoms. The zero-order valence-electron chi connectivity index (χ0n) is 45.8. The van der Waals surface area contributed by atoms with Gasteiger partial charge in [-0.25, -0.2) is 4.79 Å². The molecule has 6 aliphatic rings. The first-order chi connectivity index (χ1) is 40.7. The lowest BCUT2D eigenvalue weighted by Gasteiger charge is -2.48. The number of quaternary nitrogens is 1. The number of ether oxygens (including phenoxy) is 10. The normalized spacial score (nSPS) is 43.4. The fraction of sp³-hybridized carbons (Fsp3) is 0.720. The van der Waals surface area contributed by atoms with E-state index in [1.165, 1.54) is 12.1 Å². The largest absolute Gasteiger partial charge is 0.545 e. The van der Waals surface area contributed by atoms with Crippen LogP contribution in [0.5, 0.6) is 0 Å². The monoisotopic (exact) mass is 1250 g/mol. The number of aromatic carboxylic acids is 2. The molecule has 6 aliphatic heterocycles. The van der Waals surface area contributed by atoms with E-state index in [4.69, 9.17) is 81.1 Å². The van der Waals surface area contributed by atoms with Crippen molar-refractivity contribution in [1.29, 1.82) is 0 Å². The summed E-state index contributed by atoms with van der Waals surface area (Å²) in [6.45, 7) is -3.94. The van der Waals surface area contributed by atoms with E-state index in [-0.39, 0.29) is 5.56 Å². The minimum atomic E-state index is -1.56. The maximum absolute atomic E-state index is 10.9. The average Bonchev–Trinajstić information content (AvgIpc) is 1.86. The van der Waals surface area contributed by atoms with Crippen LogP contribution in [-0.2, 0) is 47.4 Å². The first-order valence-corrected chi connectivity index (χ1v) is 26.9. The first-order valence-electron chi connectivity index (χ1n) is 26.9. The van der Waals surface area contributed by atoms with Gasteiger partial charge in [0.1, 0.15) is 110 Å². The SMILES string of the molecule is NC1C(OC2C(CO)OC(OC3C(CO)OC(O)C(N)C3O)C(N)C2O)OC(CO)C(O)C1O.NC1C(OC2C(CO)OC(OC3C(CO)OC(O)C(N)C3O)C([NH3+])C2O)OC(CO)C(O)C1O.O=C(O)c1ccccc1.O=C([O-])c1ccccc1. The number of aliphatic hydroxyl groups excluding tert-OH is 16. The Balaban J connectivity index is 0.000000243. The van der Waals surface area contributed by atoms with Crippen LogP contribution >= 0.6 is 0 Å². The van der Waals surface area contributed by atoms with Crippen LogP contribution in [0, 0.1) is 0 Å². The standard InChI is InChI=1S/2C18H35N3O13.2C7H6O2/c2*19-7-12(27)14(5(2-23)30-16(7)29)33-18-9(21)13(28)15(6(3-24)32-18)34-17-8(20)11(26)10(25)4(1-22)31-17;2*8-7(9)6-4-2-1-3-5-6/h2*4-18,22-29H,1-3,19-21H2;2*1-5H,(H,8,9). The molecule has 30 N–H and O–H groups in total. The molecule has 2 aromatic carbocycles. The number of hydrogen-bond acceptors (Lipinski definition) is 34. The Morgan fingerprint density at radius 3 is 0.988 bits per heavy atom. The van der Waals surface area contributed by atoms with Crippen LogP contribution in [0.25, 0.3) is 0 Å². The summed E-state index contributed by atoms with van der Waals surface area (Å²) in [6, 6.07) is 8.90. The number of rotatable bonds is 16. The Morgan fingerprint density at radius 1 is 0.395 bits per heavy atom. The maximum Gasteiger partial charge on any atom is 0.335 e. The smallest absolute Gasteiger partial charge is 0.335 e. The highest BCUT2D eigenvalue weighted by atomic mass is 16.8. The maximum atomic E-state index is 10.9. The number of carboxylic acid groups (broad SMARTS) is 2. The zero-order chi connectivity index (χ0) is 64.0. The molecule has 0 radical (unpaired) electrons. The van der Waals surface area contributed by atoms with Gasteiger partial charge in [0.15, 0.2) is 37.5 Å². The Kier molecular flexibility index (Phi) is 28.6. The molecule has 0 spiro atoms. The third-order valence-electron chi connectivity index (χ3n) is 14.8. The van der Waals surface area contributed by atoms with Gasteiger partial charge >= 0.3 is 5.97 Å². The van der Waals surface area contributed by atoms with Crippen molar-refractivity contribution >= 4 is 11.9 Å². The number of benzene rings is 2. The van der Waals surface area contributed by atoms with Crippen LogP contribution in [-0.4, -0.2) is 322 Å². The first kappa shape index (κ1) is 72.8. The fourth-order valence-electron chi connectivity index (χ4n) is 9.57. The summed E-state index contributed by atoms with van der Waals surface area (Å²) >= 11 is 0. The minimum Gasteiger partial charge on any atom is -0.545 e. The molecule has 36 heteroatoms. The second-order valence-corrected chi connectivity index (χ2v) is 20.6.